The molecule has 0 radical (unpaired) electrons. The van der Waals surface area contributed by atoms with Gasteiger partial charge >= 0.3 is 0 Å². The zero-order chi connectivity index (χ0) is 17.1. The van der Waals surface area contributed by atoms with Crippen LogP contribution < -0.4 is 0 Å². The number of hydrogen-bond donors (Lipinski definition) is 1. The molecule has 1 saturated heterocycles. The van der Waals surface area contributed by atoms with Crippen LogP contribution in [-0.4, -0.2) is 43.4 Å². The Kier molecular flexibility index (Phi) is 4.56. The van der Waals surface area contributed by atoms with E-state index in [0.29, 0.717) is 24.2 Å². The van der Waals surface area contributed by atoms with Crippen LogP contribution in [0.4, 0.5) is 0 Å². The van der Waals surface area contributed by atoms with Crippen molar-refractivity contribution in [3.8, 4) is 11.4 Å². The van der Waals surface area contributed by atoms with E-state index in [2.05, 4.69) is 25.3 Å². The Morgan fingerprint density at radius 2 is 2.04 bits per heavy atom. The highest BCUT2D eigenvalue weighted by Crippen LogP contribution is 2.26. The first-order valence-electron chi connectivity index (χ1n) is 8.83. The second-order valence-electron chi connectivity index (χ2n) is 6.43. The van der Waals surface area contributed by atoms with Crippen molar-refractivity contribution in [1.82, 2.24) is 30.3 Å². The molecule has 3 aromatic rings. The van der Waals surface area contributed by atoms with Gasteiger partial charge in [0.2, 0.25) is 11.8 Å². The van der Waals surface area contributed by atoms with Crippen LogP contribution in [0.25, 0.3) is 11.4 Å². The first-order chi connectivity index (χ1) is 12.3. The number of likely N-dealkylation sites (tertiary alicyclic amines) is 1. The van der Waals surface area contributed by atoms with Gasteiger partial charge < -0.3 is 4.42 Å². The van der Waals surface area contributed by atoms with Gasteiger partial charge in [-0.1, -0.05) is 37.3 Å². The number of rotatable bonds is 5. The molecule has 1 aliphatic rings. The molecule has 7 nitrogen and oxygen atoms in total. The molecule has 130 valence electrons. The molecule has 0 saturated carbocycles. The molecule has 0 amide bonds. The third-order valence-corrected chi connectivity index (χ3v) is 4.60. The fourth-order valence-electron chi connectivity index (χ4n) is 3.28. The molecule has 25 heavy (non-hydrogen) atoms. The maximum atomic E-state index is 5.64. The predicted molar refractivity (Wildman–Crippen MR) is 92.7 cm³/mol. The average molecular weight is 338 g/mol. The maximum Gasteiger partial charge on any atom is 0.230 e. The topological polar surface area (TPSA) is 83.7 Å². The zero-order valence-corrected chi connectivity index (χ0v) is 14.4. The minimum atomic E-state index is 0.354. The third kappa shape index (κ3) is 3.61. The summed E-state index contributed by atoms with van der Waals surface area (Å²) in [6.45, 7) is 4.68. The lowest BCUT2D eigenvalue weighted by molar-refractivity contribution is 0.179. The second kappa shape index (κ2) is 7.14. The SMILES string of the molecule is CCc1nnc(CN2CCCC(c3nc(-c4ccccc4)n[nH]3)C2)o1. The lowest BCUT2D eigenvalue weighted by Gasteiger charge is -2.30. The van der Waals surface area contributed by atoms with Crippen LogP contribution in [0, 0.1) is 0 Å². The van der Waals surface area contributed by atoms with Gasteiger partial charge in [-0.2, -0.15) is 5.10 Å². The van der Waals surface area contributed by atoms with Gasteiger partial charge in [-0.25, -0.2) is 4.98 Å². The summed E-state index contributed by atoms with van der Waals surface area (Å²) in [5.74, 6) is 3.47. The molecule has 0 aliphatic carbocycles. The molecule has 1 atom stereocenters. The minimum Gasteiger partial charge on any atom is -0.424 e. The van der Waals surface area contributed by atoms with Gasteiger partial charge in [0.05, 0.1) is 6.54 Å². The van der Waals surface area contributed by atoms with Gasteiger partial charge in [-0.05, 0) is 19.4 Å². The molecule has 1 fully saturated rings. The van der Waals surface area contributed by atoms with Gasteiger partial charge in [0.25, 0.3) is 0 Å². The van der Waals surface area contributed by atoms with Crippen LogP contribution in [0.2, 0.25) is 0 Å². The highest BCUT2D eigenvalue weighted by molar-refractivity contribution is 5.53. The molecule has 1 unspecified atom stereocenters. The van der Waals surface area contributed by atoms with E-state index in [1.165, 1.54) is 0 Å². The molecule has 1 aromatic carbocycles. The van der Waals surface area contributed by atoms with Crippen LogP contribution >= 0.6 is 0 Å². The monoisotopic (exact) mass is 338 g/mol. The second-order valence-corrected chi connectivity index (χ2v) is 6.43. The van der Waals surface area contributed by atoms with E-state index in [1.54, 1.807) is 0 Å². The fourth-order valence-corrected chi connectivity index (χ4v) is 3.28. The lowest BCUT2D eigenvalue weighted by atomic mass is 9.97. The van der Waals surface area contributed by atoms with Crippen molar-refractivity contribution in [3.63, 3.8) is 0 Å². The van der Waals surface area contributed by atoms with Crippen LogP contribution in [0.3, 0.4) is 0 Å². The highest BCUT2D eigenvalue weighted by atomic mass is 16.4. The number of aromatic amines is 1. The summed E-state index contributed by atoms with van der Waals surface area (Å²) in [5, 5.41) is 15.7. The third-order valence-electron chi connectivity index (χ3n) is 4.60. The van der Waals surface area contributed by atoms with Crippen LogP contribution in [0.15, 0.2) is 34.7 Å². The molecule has 0 spiro atoms. The van der Waals surface area contributed by atoms with Crippen LogP contribution in [-0.2, 0) is 13.0 Å². The van der Waals surface area contributed by atoms with Crippen LogP contribution in [0.1, 0.15) is 43.3 Å². The maximum absolute atomic E-state index is 5.64. The Balaban J connectivity index is 1.43. The molecular formula is C18H22N6O. The first kappa shape index (κ1) is 16.0. The quantitative estimate of drug-likeness (QED) is 0.770. The number of aryl methyl sites for hydroxylation is 1. The number of aromatic nitrogens is 5. The Morgan fingerprint density at radius 3 is 2.84 bits per heavy atom. The summed E-state index contributed by atoms with van der Waals surface area (Å²) in [5.41, 5.74) is 1.04. The number of nitrogens with zero attached hydrogens (tertiary/aromatic N) is 5. The summed E-state index contributed by atoms with van der Waals surface area (Å²) < 4.78 is 5.64. The molecule has 1 aliphatic heterocycles. The summed E-state index contributed by atoms with van der Waals surface area (Å²) in [4.78, 5) is 7.07. The smallest absolute Gasteiger partial charge is 0.230 e. The van der Waals surface area contributed by atoms with Crippen LogP contribution in [0.5, 0.6) is 0 Å². The molecular weight excluding hydrogens is 316 g/mol. The van der Waals surface area contributed by atoms with Crippen molar-refractivity contribution in [2.75, 3.05) is 13.1 Å². The van der Waals surface area contributed by atoms with Gasteiger partial charge in [-0.3, -0.25) is 10.00 Å². The van der Waals surface area contributed by atoms with E-state index in [0.717, 1.165) is 49.6 Å². The van der Waals surface area contributed by atoms with Crippen molar-refractivity contribution in [2.24, 2.45) is 0 Å². The van der Waals surface area contributed by atoms with Gasteiger partial charge in [0.1, 0.15) is 5.82 Å². The Hall–Kier alpha value is -2.54. The number of hydrogen-bond acceptors (Lipinski definition) is 6. The number of H-pyrrole nitrogens is 1. The molecule has 2 aromatic heterocycles. The molecule has 7 heteroatoms. The Labute approximate surface area is 146 Å². The van der Waals surface area contributed by atoms with E-state index in [1.807, 2.05) is 37.3 Å². The Bertz CT molecular complexity index is 812. The van der Waals surface area contributed by atoms with Crippen molar-refractivity contribution in [2.45, 2.75) is 38.6 Å². The standard InChI is InChI=1S/C18H22N6O/c1-2-15-20-21-16(25-15)12-24-10-6-9-14(11-24)18-19-17(22-23-18)13-7-4-3-5-8-13/h3-5,7-8,14H,2,6,9-12H2,1H3,(H,19,22,23). The molecule has 4 rings (SSSR count). The van der Waals surface area contributed by atoms with Crippen molar-refractivity contribution < 1.29 is 4.42 Å². The largest absolute Gasteiger partial charge is 0.424 e. The lowest BCUT2D eigenvalue weighted by Crippen LogP contribution is -2.34. The zero-order valence-electron chi connectivity index (χ0n) is 14.4. The molecule has 3 heterocycles. The van der Waals surface area contributed by atoms with E-state index < -0.39 is 0 Å². The van der Waals surface area contributed by atoms with Gasteiger partial charge in [-0.15, -0.1) is 10.2 Å². The first-order valence-corrected chi connectivity index (χ1v) is 8.83. The van der Waals surface area contributed by atoms with E-state index in [4.69, 9.17) is 9.40 Å². The van der Waals surface area contributed by atoms with Crippen molar-refractivity contribution in [1.29, 1.82) is 0 Å². The van der Waals surface area contributed by atoms with Crippen molar-refractivity contribution in [3.05, 3.63) is 47.9 Å². The average Bonchev–Trinajstić information content (AvgIpc) is 3.32. The van der Waals surface area contributed by atoms with Gasteiger partial charge in [0.15, 0.2) is 5.82 Å². The molecule has 1 N–H and O–H groups in total. The number of nitrogens with one attached hydrogen (secondary N) is 1. The number of piperidine rings is 1. The summed E-state index contributed by atoms with van der Waals surface area (Å²) >= 11 is 0. The summed E-state index contributed by atoms with van der Waals surface area (Å²) in [6.07, 6.45) is 3.01. The predicted octanol–water partition coefficient (Wildman–Crippen LogP) is 2.80. The van der Waals surface area contributed by atoms with E-state index in [9.17, 15) is 0 Å². The molecule has 0 bridgehead atoms. The fraction of sp³-hybridized carbons (Fsp3) is 0.444. The minimum absolute atomic E-state index is 0.354. The summed E-state index contributed by atoms with van der Waals surface area (Å²) in [7, 11) is 0. The van der Waals surface area contributed by atoms with E-state index in [-0.39, 0.29) is 0 Å². The normalized spacial score (nSPS) is 18.5. The summed E-state index contributed by atoms with van der Waals surface area (Å²) in [6, 6.07) is 10.1. The highest BCUT2D eigenvalue weighted by Gasteiger charge is 2.25. The van der Waals surface area contributed by atoms with Gasteiger partial charge in [0, 0.05) is 24.4 Å². The Morgan fingerprint density at radius 1 is 1.20 bits per heavy atom. The van der Waals surface area contributed by atoms with E-state index >= 15 is 0 Å². The number of benzene rings is 1. The van der Waals surface area contributed by atoms with Crippen molar-refractivity contribution >= 4 is 0 Å².